The zero-order valence-electron chi connectivity index (χ0n) is 15.4. The summed E-state index contributed by atoms with van der Waals surface area (Å²) in [5.41, 5.74) is 3.10. The summed E-state index contributed by atoms with van der Waals surface area (Å²) < 4.78 is 0. The van der Waals surface area contributed by atoms with E-state index < -0.39 is 0 Å². The van der Waals surface area contributed by atoms with E-state index in [1.54, 1.807) is 24.3 Å². The Hall–Kier alpha value is -4.44. The molecule has 0 radical (unpaired) electrons. The Labute approximate surface area is 168 Å². The molecule has 140 valence electrons. The highest BCUT2D eigenvalue weighted by atomic mass is 15.3. The van der Waals surface area contributed by atoms with E-state index in [4.69, 9.17) is 5.26 Å². The van der Waals surface area contributed by atoms with Crippen LogP contribution in [0.2, 0.25) is 0 Å². The quantitative estimate of drug-likeness (QED) is 0.435. The van der Waals surface area contributed by atoms with Gasteiger partial charge in [0.2, 0.25) is 17.8 Å². The Kier molecular flexibility index (Phi) is 5.26. The lowest BCUT2D eigenvalue weighted by Gasteiger charge is -2.11. The highest BCUT2D eigenvalue weighted by Gasteiger charge is 2.08. The largest absolute Gasteiger partial charge is 0.324 e. The van der Waals surface area contributed by atoms with Crippen molar-refractivity contribution >= 4 is 34.9 Å². The molecule has 7 nitrogen and oxygen atoms in total. The average molecular weight is 379 g/mol. The third-order valence-electron chi connectivity index (χ3n) is 3.97. The number of nitrogens with zero attached hydrogens (tertiary/aromatic N) is 4. The van der Waals surface area contributed by atoms with Gasteiger partial charge in [-0.05, 0) is 48.5 Å². The molecule has 0 bridgehead atoms. The van der Waals surface area contributed by atoms with Crippen molar-refractivity contribution in [3.63, 3.8) is 0 Å². The number of nitrogens with one attached hydrogen (secondary N) is 3. The average Bonchev–Trinajstić information content (AvgIpc) is 2.76. The van der Waals surface area contributed by atoms with Crippen molar-refractivity contribution in [2.75, 3.05) is 16.0 Å². The zero-order chi connectivity index (χ0) is 19.9. The Morgan fingerprint density at radius 1 is 0.517 bits per heavy atom. The van der Waals surface area contributed by atoms with Crippen molar-refractivity contribution in [3.8, 4) is 6.07 Å². The highest BCUT2D eigenvalue weighted by Crippen LogP contribution is 2.20. The molecule has 0 spiro atoms. The first-order valence-electron chi connectivity index (χ1n) is 8.96. The molecule has 0 saturated heterocycles. The molecule has 0 aliphatic rings. The van der Waals surface area contributed by atoms with Crippen LogP contribution in [-0.2, 0) is 0 Å². The van der Waals surface area contributed by atoms with E-state index in [0.29, 0.717) is 23.4 Å². The second kappa shape index (κ2) is 8.50. The van der Waals surface area contributed by atoms with Crippen LogP contribution in [0.15, 0.2) is 84.9 Å². The molecule has 0 unspecified atom stereocenters. The Balaban J connectivity index is 1.63. The maximum Gasteiger partial charge on any atom is 0.233 e. The molecule has 4 aromatic rings. The molecule has 3 N–H and O–H groups in total. The second-order valence-corrected chi connectivity index (χ2v) is 6.10. The van der Waals surface area contributed by atoms with Gasteiger partial charge in [0.25, 0.3) is 0 Å². The van der Waals surface area contributed by atoms with Gasteiger partial charge in [0.15, 0.2) is 0 Å². The third kappa shape index (κ3) is 4.84. The lowest BCUT2D eigenvalue weighted by molar-refractivity contribution is 1.06. The van der Waals surface area contributed by atoms with Gasteiger partial charge in [0, 0.05) is 17.1 Å². The fourth-order valence-corrected chi connectivity index (χ4v) is 2.60. The Morgan fingerprint density at radius 2 is 0.897 bits per heavy atom. The van der Waals surface area contributed by atoms with Crippen LogP contribution >= 0.6 is 0 Å². The van der Waals surface area contributed by atoms with E-state index in [1.807, 2.05) is 60.7 Å². The lowest BCUT2D eigenvalue weighted by atomic mass is 10.2. The van der Waals surface area contributed by atoms with Crippen LogP contribution in [0.25, 0.3) is 0 Å². The molecule has 0 amide bonds. The van der Waals surface area contributed by atoms with Crippen molar-refractivity contribution in [3.05, 3.63) is 90.5 Å². The van der Waals surface area contributed by atoms with Crippen molar-refractivity contribution < 1.29 is 0 Å². The van der Waals surface area contributed by atoms with Gasteiger partial charge in [-0.1, -0.05) is 36.4 Å². The molecule has 7 heteroatoms. The normalized spacial score (nSPS) is 10.0. The standard InChI is InChI=1S/C22H17N7/c23-15-16-11-13-19(14-12-16)26-22-28-20(24-17-7-3-1-4-8-17)27-21(29-22)25-18-9-5-2-6-10-18/h1-14H,(H3,24,25,26,27,28,29). The first kappa shape index (κ1) is 17.9. The first-order valence-corrected chi connectivity index (χ1v) is 8.96. The maximum absolute atomic E-state index is 8.95. The molecular formula is C22H17N7. The van der Waals surface area contributed by atoms with Gasteiger partial charge < -0.3 is 16.0 Å². The van der Waals surface area contributed by atoms with Crippen LogP contribution in [0.4, 0.5) is 34.9 Å². The van der Waals surface area contributed by atoms with Crippen LogP contribution in [0.5, 0.6) is 0 Å². The number of nitriles is 1. The second-order valence-electron chi connectivity index (χ2n) is 6.10. The molecule has 0 aliphatic carbocycles. The highest BCUT2D eigenvalue weighted by molar-refractivity contribution is 5.62. The van der Waals surface area contributed by atoms with Crippen molar-refractivity contribution in [2.45, 2.75) is 0 Å². The maximum atomic E-state index is 8.95. The van der Waals surface area contributed by atoms with Crippen LogP contribution in [0.1, 0.15) is 5.56 Å². The summed E-state index contributed by atoms with van der Waals surface area (Å²) in [5, 5.41) is 18.5. The third-order valence-corrected chi connectivity index (χ3v) is 3.97. The fourth-order valence-electron chi connectivity index (χ4n) is 2.60. The van der Waals surface area contributed by atoms with Gasteiger partial charge >= 0.3 is 0 Å². The monoisotopic (exact) mass is 379 g/mol. The van der Waals surface area contributed by atoms with E-state index in [9.17, 15) is 0 Å². The van der Waals surface area contributed by atoms with Crippen LogP contribution in [0, 0.1) is 11.3 Å². The molecule has 3 aromatic carbocycles. The number of rotatable bonds is 6. The topological polar surface area (TPSA) is 98.5 Å². The summed E-state index contributed by atoms with van der Waals surface area (Å²) in [7, 11) is 0. The van der Waals surface area contributed by atoms with E-state index in [-0.39, 0.29) is 0 Å². The Bertz CT molecular complexity index is 1060. The fraction of sp³-hybridized carbons (Fsp3) is 0. The molecule has 1 heterocycles. The predicted octanol–water partition coefficient (Wildman–Crippen LogP) is 4.97. The van der Waals surface area contributed by atoms with Crippen molar-refractivity contribution in [1.29, 1.82) is 5.26 Å². The van der Waals surface area contributed by atoms with E-state index in [2.05, 4.69) is 37.0 Å². The molecule has 0 atom stereocenters. The number of benzene rings is 3. The van der Waals surface area contributed by atoms with E-state index in [0.717, 1.165) is 17.1 Å². The van der Waals surface area contributed by atoms with Crippen LogP contribution in [-0.4, -0.2) is 15.0 Å². The van der Waals surface area contributed by atoms with Crippen LogP contribution in [0.3, 0.4) is 0 Å². The van der Waals surface area contributed by atoms with Gasteiger partial charge in [-0.25, -0.2) is 0 Å². The molecule has 1 aromatic heterocycles. The molecule has 29 heavy (non-hydrogen) atoms. The summed E-state index contributed by atoms with van der Waals surface area (Å²) in [6.45, 7) is 0. The van der Waals surface area contributed by atoms with Crippen molar-refractivity contribution in [2.24, 2.45) is 0 Å². The molecule has 0 saturated carbocycles. The Morgan fingerprint density at radius 3 is 1.28 bits per heavy atom. The summed E-state index contributed by atoms with van der Waals surface area (Å²) in [6, 6.07) is 28.5. The first-order chi connectivity index (χ1) is 14.3. The van der Waals surface area contributed by atoms with Gasteiger partial charge in [0.05, 0.1) is 11.6 Å². The number of hydrogen-bond acceptors (Lipinski definition) is 7. The number of aromatic nitrogens is 3. The van der Waals surface area contributed by atoms with Crippen molar-refractivity contribution in [1.82, 2.24) is 15.0 Å². The number of hydrogen-bond donors (Lipinski definition) is 3. The summed E-state index contributed by atoms with van der Waals surface area (Å²) in [6.07, 6.45) is 0. The molecule has 4 rings (SSSR count). The van der Waals surface area contributed by atoms with Gasteiger partial charge in [-0.15, -0.1) is 0 Å². The zero-order valence-corrected chi connectivity index (χ0v) is 15.4. The minimum atomic E-state index is 0.376. The number of anilines is 6. The number of para-hydroxylation sites is 2. The van der Waals surface area contributed by atoms with Gasteiger partial charge in [-0.2, -0.15) is 20.2 Å². The lowest BCUT2D eigenvalue weighted by Crippen LogP contribution is -2.07. The molecule has 0 aliphatic heterocycles. The molecular weight excluding hydrogens is 362 g/mol. The minimum Gasteiger partial charge on any atom is -0.324 e. The summed E-state index contributed by atoms with van der Waals surface area (Å²) in [5.74, 6) is 1.18. The van der Waals surface area contributed by atoms with Gasteiger partial charge in [0.1, 0.15) is 0 Å². The molecule has 0 fully saturated rings. The summed E-state index contributed by atoms with van der Waals surface area (Å²) in [4.78, 5) is 13.4. The van der Waals surface area contributed by atoms with Crippen LogP contribution < -0.4 is 16.0 Å². The van der Waals surface area contributed by atoms with Gasteiger partial charge in [-0.3, -0.25) is 0 Å². The van der Waals surface area contributed by atoms with E-state index >= 15 is 0 Å². The SMILES string of the molecule is N#Cc1ccc(Nc2nc(Nc3ccccc3)nc(Nc3ccccc3)n2)cc1. The minimum absolute atomic E-state index is 0.376. The smallest absolute Gasteiger partial charge is 0.233 e. The van der Waals surface area contributed by atoms with E-state index in [1.165, 1.54) is 0 Å². The predicted molar refractivity (Wildman–Crippen MR) is 114 cm³/mol. The summed E-state index contributed by atoms with van der Waals surface area (Å²) >= 11 is 0.